The van der Waals surface area contributed by atoms with Crippen molar-refractivity contribution in [2.45, 2.75) is 46.1 Å². The third-order valence-electron chi connectivity index (χ3n) is 4.10. The highest BCUT2D eigenvalue weighted by Gasteiger charge is 2.39. The molecule has 1 aromatic rings. The molecule has 4 heteroatoms. The van der Waals surface area contributed by atoms with Gasteiger partial charge in [0.2, 0.25) is 0 Å². The zero-order chi connectivity index (χ0) is 13.0. The summed E-state index contributed by atoms with van der Waals surface area (Å²) in [6.45, 7) is 6.99. The number of nitrogens with zero attached hydrogens (tertiary/aromatic N) is 2. The van der Waals surface area contributed by atoms with Crippen molar-refractivity contribution in [1.29, 1.82) is 0 Å². The molecule has 1 saturated heterocycles. The fraction of sp³-hybridized carbons (Fsp3) is 0.714. The van der Waals surface area contributed by atoms with Crippen LogP contribution in [0.25, 0.3) is 0 Å². The van der Waals surface area contributed by atoms with Gasteiger partial charge in [-0.05, 0) is 25.8 Å². The Bertz CT molecular complexity index is 405. The Hall–Kier alpha value is -1.16. The number of ketones is 1. The highest BCUT2D eigenvalue weighted by molar-refractivity contribution is 5.86. The zero-order valence-electron chi connectivity index (χ0n) is 11.4. The summed E-state index contributed by atoms with van der Waals surface area (Å²) in [4.78, 5) is 16.9. The minimum atomic E-state index is -0.150. The van der Waals surface area contributed by atoms with Gasteiger partial charge in [-0.1, -0.05) is 13.8 Å². The van der Waals surface area contributed by atoms with Gasteiger partial charge in [0.25, 0.3) is 0 Å². The van der Waals surface area contributed by atoms with E-state index in [1.54, 1.807) is 6.20 Å². The molecule has 2 rings (SSSR count). The molecule has 0 saturated carbocycles. The molecule has 1 fully saturated rings. The second-order valence-corrected chi connectivity index (χ2v) is 5.20. The minimum absolute atomic E-state index is 0.150. The van der Waals surface area contributed by atoms with E-state index in [2.05, 4.69) is 28.7 Å². The molecule has 1 aromatic heterocycles. The van der Waals surface area contributed by atoms with E-state index >= 15 is 0 Å². The smallest absolute Gasteiger partial charge is 0.147 e. The Morgan fingerprint density at radius 2 is 2.39 bits per heavy atom. The van der Waals surface area contributed by atoms with E-state index in [4.69, 9.17) is 0 Å². The molecule has 0 aliphatic carbocycles. The SMILES string of the molecule is CCCn1ccnc1CC(=O)C1(CC)CCNC1. The summed E-state index contributed by atoms with van der Waals surface area (Å²) in [6.07, 6.45) is 7.20. The van der Waals surface area contributed by atoms with E-state index < -0.39 is 0 Å². The van der Waals surface area contributed by atoms with Gasteiger partial charge in [0.05, 0.1) is 6.42 Å². The van der Waals surface area contributed by atoms with Crippen LogP contribution in [0.1, 0.15) is 38.9 Å². The Balaban J connectivity index is 2.08. The monoisotopic (exact) mass is 249 g/mol. The van der Waals surface area contributed by atoms with E-state index in [0.717, 1.165) is 44.7 Å². The van der Waals surface area contributed by atoms with Crippen molar-refractivity contribution >= 4 is 5.78 Å². The van der Waals surface area contributed by atoms with Crippen molar-refractivity contribution < 1.29 is 4.79 Å². The molecule has 0 bridgehead atoms. The van der Waals surface area contributed by atoms with Crippen LogP contribution in [0.5, 0.6) is 0 Å². The first kappa shape index (κ1) is 13.3. The number of hydrogen-bond acceptors (Lipinski definition) is 3. The maximum absolute atomic E-state index is 12.5. The number of Topliss-reactive ketones (excluding diaryl/α,β-unsaturated/α-hetero) is 1. The predicted octanol–water partition coefficient (Wildman–Crippen LogP) is 1.79. The van der Waals surface area contributed by atoms with Crippen LogP contribution < -0.4 is 5.32 Å². The minimum Gasteiger partial charge on any atom is -0.335 e. The summed E-state index contributed by atoms with van der Waals surface area (Å²) >= 11 is 0. The molecule has 2 heterocycles. The first-order valence-corrected chi connectivity index (χ1v) is 6.96. The second kappa shape index (κ2) is 5.65. The Morgan fingerprint density at radius 1 is 1.56 bits per heavy atom. The first-order valence-electron chi connectivity index (χ1n) is 6.96. The highest BCUT2D eigenvalue weighted by Crippen LogP contribution is 2.31. The molecule has 0 amide bonds. The average Bonchev–Trinajstić information content (AvgIpc) is 3.00. The lowest BCUT2D eigenvalue weighted by Crippen LogP contribution is -2.34. The third kappa shape index (κ3) is 2.48. The molecule has 18 heavy (non-hydrogen) atoms. The maximum Gasteiger partial charge on any atom is 0.147 e. The van der Waals surface area contributed by atoms with E-state index in [-0.39, 0.29) is 5.41 Å². The van der Waals surface area contributed by atoms with Gasteiger partial charge < -0.3 is 9.88 Å². The predicted molar refractivity (Wildman–Crippen MR) is 71.4 cm³/mol. The van der Waals surface area contributed by atoms with Crippen molar-refractivity contribution in [1.82, 2.24) is 14.9 Å². The summed E-state index contributed by atoms with van der Waals surface area (Å²) in [5.41, 5.74) is -0.150. The number of carbonyl (C=O) groups is 1. The molecule has 1 unspecified atom stereocenters. The van der Waals surface area contributed by atoms with Gasteiger partial charge in [-0.15, -0.1) is 0 Å². The molecular formula is C14H23N3O. The lowest BCUT2D eigenvalue weighted by Gasteiger charge is -2.24. The normalized spacial score (nSPS) is 23.4. The second-order valence-electron chi connectivity index (χ2n) is 5.20. The fourth-order valence-electron chi connectivity index (χ4n) is 2.76. The molecule has 1 aliphatic rings. The van der Waals surface area contributed by atoms with Crippen molar-refractivity contribution in [3.8, 4) is 0 Å². The Labute approximate surface area is 109 Å². The summed E-state index contributed by atoms with van der Waals surface area (Å²) in [5.74, 6) is 1.26. The summed E-state index contributed by atoms with van der Waals surface area (Å²) < 4.78 is 2.10. The van der Waals surface area contributed by atoms with Crippen LogP contribution in [0.3, 0.4) is 0 Å². The van der Waals surface area contributed by atoms with Crippen molar-refractivity contribution in [2.75, 3.05) is 13.1 Å². The Kier molecular flexibility index (Phi) is 4.17. The van der Waals surface area contributed by atoms with E-state index in [0.29, 0.717) is 12.2 Å². The Morgan fingerprint density at radius 3 is 3.00 bits per heavy atom. The average molecular weight is 249 g/mol. The molecule has 0 spiro atoms. The number of rotatable bonds is 6. The molecule has 1 aliphatic heterocycles. The van der Waals surface area contributed by atoms with Gasteiger partial charge >= 0.3 is 0 Å². The van der Waals surface area contributed by atoms with Gasteiger partial charge in [0.1, 0.15) is 11.6 Å². The molecule has 100 valence electrons. The largest absolute Gasteiger partial charge is 0.335 e. The number of aryl methyl sites for hydroxylation is 1. The molecule has 0 radical (unpaired) electrons. The quantitative estimate of drug-likeness (QED) is 0.836. The third-order valence-corrected chi connectivity index (χ3v) is 4.10. The van der Waals surface area contributed by atoms with Gasteiger partial charge in [-0.25, -0.2) is 4.98 Å². The van der Waals surface area contributed by atoms with Crippen LogP contribution in [0, 0.1) is 5.41 Å². The lowest BCUT2D eigenvalue weighted by atomic mass is 9.78. The van der Waals surface area contributed by atoms with Crippen molar-refractivity contribution in [2.24, 2.45) is 5.41 Å². The van der Waals surface area contributed by atoms with Crippen LogP contribution in [0.15, 0.2) is 12.4 Å². The summed E-state index contributed by atoms with van der Waals surface area (Å²) in [7, 11) is 0. The van der Waals surface area contributed by atoms with E-state index in [1.807, 2.05) is 6.20 Å². The van der Waals surface area contributed by atoms with Crippen molar-refractivity contribution in [3.05, 3.63) is 18.2 Å². The zero-order valence-corrected chi connectivity index (χ0v) is 11.4. The molecule has 4 nitrogen and oxygen atoms in total. The van der Waals surface area contributed by atoms with Gasteiger partial charge in [0.15, 0.2) is 0 Å². The molecule has 1 N–H and O–H groups in total. The number of carbonyl (C=O) groups excluding carboxylic acids is 1. The summed E-state index contributed by atoms with van der Waals surface area (Å²) in [5, 5.41) is 3.32. The number of nitrogens with one attached hydrogen (secondary N) is 1. The topological polar surface area (TPSA) is 46.9 Å². The first-order chi connectivity index (χ1) is 8.72. The van der Waals surface area contributed by atoms with Crippen LogP contribution in [-0.4, -0.2) is 28.4 Å². The molecule has 1 atom stereocenters. The highest BCUT2D eigenvalue weighted by atomic mass is 16.1. The van der Waals surface area contributed by atoms with Gasteiger partial charge in [-0.3, -0.25) is 4.79 Å². The van der Waals surface area contributed by atoms with Crippen LogP contribution in [0.4, 0.5) is 0 Å². The number of hydrogen-bond donors (Lipinski definition) is 1. The number of imidazole rings is 1. The van der Waals surface area contributed by atoms with Crippen LogP contribution in [0.2, 0.25) is 0 Å². The lowest BCUT2D eigenvalue weighted by molar-refractivity contribution is -0.127. The van der Waals surface area contributed by atoms with Gasteiger partial charge in [0, 0.05) is 30.9 Å². The molecular weight excluding hydrogens is 226 g/mol. The fourth-order valence-corrected chi connectivity index (χ4v) is 2.76. The standard InChI is InChI=1S/C14H23N3O/c1-3-8-17-9-7-16-13(17)10-12(18)14(4-2)5-6-15-11-14/h7,9,15H,3-6,8,10-11H2,1-2H3. The van der Waals surface area contributed by atoms with Crippen LogP contribution >= 0.6 is 0 Å². The van der Waals surface area contributed by atoms with Crippen molar-refractivity contribution in [3.63, 3.8) is 0 Å². The van der Waals surface area contributed by atoms with Gasteiger partial charge in [-0.2, -0.15) is 0 Å². The van der Waals surface area contributed by atoms with E-state index in [9.17, 15) is 4.79 Å². The summed E-state index contributed by atoms with van der Waals surface area (Å²) in [6, 6.07) is 0. The van der Waals surface area contributed by atoms with Crippen LogP contribution in [-0.2, 0) is 17.8 Å². The maximum atomic E-state index is 12.5. The number of aromatic nitrogens is 2. The van der Waals surface area contributed by atoms with E-state index in [1.165, 1.54) is 0 Å². The molecule has 0 aromatic carbocycles.